The van der Waals surface area contributed by atoms with Crippen molar-refractivity contribution in [3.8, 4) is 0 Å². The molecule has 1 fully saturated rings. The van der Waals surface area contributed by atoms with E-state index in [0.717, 1.165) is 15.3 Å². The number of imidazole rings is 1. The average Bonchev–Trinajstić information content (AvgIpc) is 3.28. The van der Waals surface area contributed by atoms with Crippen molar-refractivity contribution in [1.82, 2.24) is 14.5 Å². The zero-order valence-corrected chi connectivity index (χ0v) is 19.2. The van der Waals surface area contributed by atoms with Crippen LogP contribution in [0.15, 0.2) is 66.7 Å². The molecule has 35 heavy (non-hydrogen) atoms. The lowest BCUT2D eigenvalue weighted by atomic mass is 9.96. The van der Waals surface area contributed by atoms with Gasteiger partial charge < -0.3 is 9.64 Å². The van der Waals surface area contributed by atoms with Crippen LogP contribution in [0.1, 0.15) is 48.6 Å². The van der Waals surface area contributed by atoms with Gasteiger partial charge in [0.05, 0.1) is 17.0 Å². The lowest BCUT2D eigenvalue weighted by Gasteiger charge is -2.32. The van der Waals surface area contributed by atoms with Crippen LogP contribution in [0.2, 0.25) is 0 Å². The molecule has 1 aliphatic rings. The highest BCUT2D eigenvalue weighted by Crippen LogP contribution is 2.30. The Hall–Kier alpha value is -3.81. The van der Waals surface area contributed by atoms with E-state index in [-0.39, 0.29) is 23.8 Å². The monoisotopic (exact) mass is 477 g/mol. The molecule has 0 spiro atoms. The number of fused-ring (bicyclic) bond motifs is 2. The Morgan fingerprint density at radius 3 is 2.60 bits per heavy atom. The van der Waals surface area contributed by atoms with Crippen LogP contribution in [0.25, 0.3) is 21.8 Å². The van der Waals surface area contributed by atoms with Gasteiger partial charge in [-0.15, -0.1) is 0 Å². The molecule has 0 radical (unpaired) electrons. The van der Waals surface area contributed by atoms with Crippen molar-refractivity contribution in [2.24, 2.45) is 5.92 Å². The number of hydrogen-bond acceptors (Lipinski definition) is 4. The number of para-hydroxylation sites is 2. The highest BCUT2D eigenvalue weighted by atomic mass is 19.3. The summed E-state index contributed by atoms with van der Waals surface area (Å²) in [6.07, 6.45) is 0.254. The first-order valence-electron chi connectivity index (χ1n) is 11.7. The summed E-state index contributed by atoms with van der Waals surface area (Å²) in [6, 6.07) is 19.9. The quantitative estimate of drug-likeness (QED) is 0.344. The van der Waals surface area contributed by atoms with Crippen LogP contribution in [-0.2, 0) is 9.53 Å². The summed E-state index contributed by atoms with van der Waals surface area (Å²) in [5.41, 5.74) is 1.29. The van der Waals surface area contributed by atoms with Crippen LogP contribution in [-0.4, -0.2) is 39.4 Å². The molecule has 2 atom stereocenters. The number of esters is 1. The molecular weight excluding hydrogens is 452 g/mol. The first-order valence-corrected chi connectivity index (χ1v) is 11.7. The smallest absolute Gasteiger partial charge is 0.320 e. The zero-order chi connectivity index (χ0) is 24.5. The van der Waals surface area contributed by atoms with Crippen LogP contribution in [0.3, 0.4) is 0 Å². The highest BCUT2D eigenvalue weighted by molar-refractivity contribution is 6.07. The van der Waals surface area contributed by atoms with Gasteiger partial charge in [0.1, 0.15) is 0 Å². The van der Waals surface area contributed by atoms with E-state index >= 15 is 0 Å². The molecule has 2 unspecified atom stereocenters. The standard InChI is InChI=1S/C27H25F2N3O3/c1-17(24-30-22-13-4-5-14-23(22)32(24)27(28)29)35-26(34)19-10-7-15-31(16-19)25(33)21-12-6-9-18-8-2-3-11-20(18)21/h2-6,8-9,11-14,17,19,27H,7,10,15-16H2,1H3. The summed E-state index contributed by atoms with van der Waals surface area (Å²) in [7, 11) is 0. The SMILES string of the molecule is CC(OC(=O)C1CCCN(C(=O)c2cccc3ccccc23)C1)c1nc2ccccc2n1C(F)F. The molecule has 0 aliphatic carbocycles. The Balaban J connectivity index is 1.32. The van der Waals surface area contributed by atoms with Gasteiger partial charge in [0.15, 0.2) is 11.9 Å². The zero-order valence-electron chi connectivity index (χ0n) is 19.2. The number of halogens is 2. The number of alkyl halides is 2. The first kappa shape index (κ1) is 23.0. The molecule has 1 saturated heterocycles. The number of likely N-dealkylation sites (tertiary alicyclic amines) is 1. The van der Waals surface area contributed by atoms with Gasteiger partial charge >= 0.3 is 12.5 Å². The van der Waals surface area contributed by atoms with Gasteiger partial charge in [0.2, 0.25) is 0 Å². The minimum atomic E-state index is -2.82. The molecule has 0 saturated carbocycles. The van der Waals surface area contributed by atoms with E-state index in [1.54, 1.807) is 42.2 Å². The number of rotatable bonds is 5. The Morgan fingerprint density at radius 2 is 1.77 bits per heavy atom. The third-order valence-electron chi connectivity index (χ3n) is 6.54. The third kappa shape index (κ3) is 4.36. The number of ether oxygens (including phenoxy) is 1. The van der Waals surface area contributed by atoms with Crippen LogP contribution in [0.5, 0.6) is 0 Å². The van der Waals surface area contributed by atoms with Gasteiger partial charge in [-0.1, -0.05) is 48.5 Å². The van der Waals surface area contributed by atoms with Crippen molar-refractivity contribution in [3.05, 3.63) is 78.1 Å². The summed E-state index contributed by atoms with van der Waals surface area (Å²) >= 11 is 0. The number of piperidine rings is 1. The number of aromatic nitrogens is 2. The van der Waals surface area contributed by atoms with Gasteiger partial charge in [-0.3, -0.25) is 14.2 Å². The maximum atomic E-state index is 13.8. The van der Waals surface area contributed by atoms with Crippen molar-refractivity contribution < 1.29 is 23.1 Å². The second kappa shape index (κ2) is 9.44. The van der Waals surface area contributed by atoms with Crippen molar-refractivity contribution in [2.75, 3.05) is 13.1 Å². The molecule has 1 aliphatic heterocycles. The van der Waals surface area contributed by atoms with Crippen molar-refractivity contribution in [3.63, 3.8) is 0 Å². The van der Waals surface area contributed by atoms with Crippen LogP contribution >= 0.6 is 0 Å². The number of benzene rings is 3. The van der Waals surface area contributed by atoms with E-state index in [0.29, 0.717) is 30.5 Å². The Morgan fingerprint density at radius 1 is 1.03 bits per heavy atom. The van der Waals surface area contributed by atoms with Crippen LogP contribution < -0.4 is 0 Å². The van der Waals surface area contributed by atoms with Crippen LogP contribution in [0, 0.1) is 5.92 Å². The minimum absolute atomic E-state index is 0.00551. The number of amides is 1. The summed E-state index contributed by atoms with van der Waals surface area (Å²) in [6.45, 7) is -0.511. The molecule has 180 valence electrons. The minimum Gasteiger partial charge on any atom is -0.454 e. The summed E-state index contributed by atoms with van der Waals surface area (Å²) in [5, 5.41) is 1.84. The number of carbonyl (C=O) groups excluding carboxylic acids is 2. The number of nitrogens with zero attached hydrogens (tertiary/aromatic N) is 3. The lowest BCUT2D eigenvalue weighted by Crippen LogP contribution is -2.43. The van der Waals surface area contributed by atoms with Gasteiger partial charge in [0.25, 0.3) is 5.91 Å². The molecule has 2 heterocycles. The Kier molecular flexibility index (Phi) is 6.19. The average molecular weight is 478 g/mol. The molecule has 8 heteroatoms. The largest absolute Gasteiger partial charge is 0.454 e. The fourth-order valence-electron chi connectivity index (χ4n) is 4.81. The van der Waals surface area contributed by atoms with Crippen molar-refractivity contribution >= 4 is 33.7 Å². The molecule has 6 nitrogen and oxygen atoms in total. The number of carbonyl (C=O) groups is 2. The van der Waals surface area contributed by atoms with Gasteiger partial charge in [0, 0.05) is 18.7 Å². The van der Waals surface area contributed by atoms with E-state index < -0.39 is 24.5 Å². The predicted octanol–water partition coefficient (Wildman–Crippen LogP) is 5.74. The van der Waals surface area contributed by atoms with E-state index in [4.69, 9.17) is 4.74 Å². The maximum Gasteiger partial charge on any atom is 0.320 e. The summed E-state index contributed by atoms with van der Waals surface area (Å²) in [4.78, 5) is 32.3. The van der Waals surface area contributed by atoms with Gasteiger partial charge in [-0.25, -0.2) is 4.98 Å². The summed E-state index contributed by atoms with van der Waals surface area (Å²) in [5.74, 6) is -1.18. The Bertz CT molecular complexity index is 1400. The molecule has 5 rings (SSSR count). The molecule has 4 aromatic rings. The van der Waals surface area contributed by atoms with E-state index in [2.05, 4.69) is 4.98 Å². The predicted molar refractivity (Wildman–Crippen MR) is 128 cm³/mol. The fraction of sp³-hybridized carbons (Fsp3) is 0.296. The fourth-order valence-corrected chi connectivity index (χ4v) is 4.81. The van der Waals surface area contributed by atoms with Crippen LogP contribution in [0.4, 0.5) is 8.78 Å². The molecule has 0 bridgehead atoms. The first-order chi connectivity index (χ1) is 16.9. The Labute approximate surface area is 201 Å². The molecule has 3 aromatic carbocycles. The van der Waals surface area contributed by atoms with Crippen molar-refractivity contribution in [2.45, 2.75) is 32.4 Å². The van der Waals surface area contributed by atoms with E-state index in [9.17, 15) is 18.4 Å². The molecule has 1 aromatic heterocycles. The number of hydrogen-bond donors (Lipinski definition) is 0. The second-order valence-corrected chi connectivity index (χ2v) is 8.80. The normalized spacial score (nSPS) is 17.1. The van der Waals surface area contributed by atoms with Gasteiger partial charge in [-0.05, 0) is 48.7 Å². The van der Waals surface area contributed by atoms with Gasteiger partial charge in [-0.2, -0.15) is 8.78 Å². The second-order valence-electron chi connectivity index (χ2n) is 8.80. The maximum absolute atomic E-state index is 13.8. The lowest BCUT2D eigenvalue weighted by molar-refractivity contribution is -0.155. The summed E-state index contributed by atoms with van der Waals surface area (Å²) < 4.78 is 34.0. The van der Waals surface area contributed by atoms with E-state index in [1.807, 2.05) is 36.4 Å². The van der Waals surface area contributed by atoms with E-state index in [1.165, 1.54) is 0 Å². The topological polar surface area (TPSA) is 64.4 Å². The van der Waals surface area contributed by atoms with Crippen molar-refractivity contribution in [1.29, 1.82) is 0 Å². The third-order valence-corrected chi connectivity index (χ3v) is 6.54. The molecular formula is C27H25F2N3O3. The molecule has 0 N–H and O–H groups in total. The molecule has 1 amide bonds. The highest BCUT2D eigenvalue weighted by Gasteiger charge is 2.32.